The van der Waals surface area contributed by atoms with Crippen LogP contribution in [-0.4, -0.2) is 16.2 Å². The summed E-state index contributed by atoms with van der Waals surface area (Å²) >= 11 is 3.45. The first-order chi connectivity index (χ1) is 12.2. The molecule has 1 aromatic heterocycles. The summed E-state index contributed by atoms with van der Waals surface area (Å²) in [5.41, 5.74) is 3.28. The van der Waals surface area contributed by atoms with Gasteiger partial charge in [0.2, 0.25) is 0 Å². The Labute approximate surface area is 154 Å². The lowest BCUT2D eigenvalue weighted by Gasteiger charge is -2.08. The maximum Gasteiger partial charge on any atom is 0.148 e. The van der Waals surface area contributed by atoms with E-state index < -0.39 is 0 Å². The van der Waals surface area contributed by atoms with Gasteiger partial charge in [0, 0.05) is 10.0 Å². The third kappa shape index (κ3) is 3.91. The van der Waals surface area contributed by atoms with Gasteiger partial charge in [-0.2, -0.15) is 5.26 Å². The van der Waals surface area contributed by atoms with E-state index in [0.29, 0.717) is 17.9 Å². The minimum absolute atomic E-state index is 0.177. The van der Waals surface area contributed by atoms with E-state index in [4.69, 9.17) is 11.2 Å². The molecule has 0 radical (unpaired) electrons. The molecule has 0 spiro atoms. The average molecular weight is 392 g/mol. The van der Waals surface area contributed by atoms with Crippen LogP contribution in [0.25, 0.3) is 17.1 Å². The molecule has 2 aromatic carbocycles. The molecule has 3 aromatic rings. The fourth-order valence-electron chi connectivity index (χ4n) is 2.50. The lowest BCUT2D eigenvalue weighted by molar-refractivity contribution is 0.369. The second-order valence-electron chi connectivity index (χ2n) is 5.32. The molecule has 0 saturated carbocycles. The van der Waals surface area contributed by atoms with Crippen molar-refractivity contribution in [3.8, 4) is 24.2 Å². The molecule has 0 N–H and O–H groups in total. The first-order valence-corrected chi connectivity index (χ1v) is 8.37. The number of ether oxygens (including phenoxy) is 1. The molecule has 0 unspecified atom stereocenters. The van der Waals surface area contributed by atoms with Crippen molar-refractivity contribution >= 4 is 33.0 Å². The molecule has 5 heteroatoms. The number of imidazole rings is 1. The first kappa shape index (κ1) is 16.8. The summed E-state index contributed by atoms with van der Waals surface area (Å²) in [6.07, 6.45) is 8.82. The van der Waals surface area contributed by atoms with Crippen molar-refractivity contribution < 1.29 is 4.74 Å². The van der Waals surface area contributed by atoms with Gasteiger partial charge < -0.3 is 9.30 Å². The van der Waals surface area contributed by atoms with E-state index in [1.807, 2.05) is 53.1 Å². The average Bonchev–Trinajstić information content (AvgIpc) is 3.03. The lowest BCUT2D eigenvalue weighted by atomic mass is 10.1. The Kier molecular flexibility index (Phi) is 5.18. The molecule has 0 aliphatic carbocycles. The third-order valence-corrected chi connectivity index (χ3v) is 4.12. The number of hydrogen-bond acceptors (Lipinski definition) is 3. The van der Waals surface area contributed by atoms with E-state index in [0.717, 1.165) is 21.1 Å². The van der Waals surface area contributed by atoms with Crippen LogP contribution >= 0.6 is 15.9 Å². The Balaban J connectivity index is 1.95. The minimum atomic E-state index is 0.177. The quantitative estimate of drug-likeness (QED) is 0.477. The molecule has 122 valence electrons. The summed E-state index contributed by atoms with van der Waals surface area (Å²) in [4.78, 5) is 4.36. The number of benzene rings is 2. The summed E-state index contributed by atoms with van der Waals surface area (Å²) in [6.45, 7) is 0.606. The van der Waals surface area contributed by atoms with Crippen molar-refractivity contribution in [2.45, 2.75) is 6.54 Å². The van der Waals surface area contributed by atoms with Gasteiger partial charge in [-0.15, -0.1) is 6.42 Å². The molecule has 0 fully saturated rings. The van der Waals surface area contributed by atoms with Crippen LogP contribution in [-0.2, 0) is 6.54 Å². The summed E-state index contributed by atoms with van der Waals surface area (Å²) in [6, 6.07) is 15.7. The Morgan fingerprint density at radius 2 is 2.16 bits per heavy atom. The van der Waals surface area contributed by atoms with Crippen molar-refractivity contribution in [1.82, 2.24) is 9.55 Å². The number of nitrogens with zero attached hydrogens (tertiary/aromatic N) is 3. The van der Waals surface area contributed by atoms with Crippen molar-refractivity contribution in [2.24, 2.45) is 0 Å². The highest BCUT2D eigenvalue weighted by Gasteiger charge is 2.07. The van der Waals surface area contributed by atoms with E-state index in [9.17, 15) is 5.26 Å². The van der Waals surface area contributed by atoms with Crippen LogP contribution in [0.2, 0.25) is 0 Å². The predicted molar refractivity (Wildman–Crippen MR) is 102 cm³/mol. The summed E-state index contributed by atoms with van der Waals surface area (Å²) in [5, 5.41) is 9.56. The van der Waals surface area contributed by atoms with Gasteiger partial charge in [-0.1, -0.05) is 34.0 Å². The van der Waals surface area contributed by atoms with Gasteiger partial charge in [-0.05, 0) is 36.4 Å². The molecule has 0 amide bonds. The van der Waals surface area contributed by atoms with Gasteiger partial charge in [0.1, 0.15) is 12.4 Å². The molecule has 1 heterocycles. The molecular formula is C20H14BrN3O. The zero-order valence-corrected chi connectivity index (χ0v) is 14.9. The lowest BCUT2D eigenvalue weighted by Crippen LogP contribution is -1.99. The molecule has 0 atom stereocenters. The maximum absolute atomic E-state index is 9.56. The predicted octanol–water partition coefficient (Wildman–Crippen LogP) is 4.42. The monoisotopic (exact) mass is 391 g/mol. The summed E-state index contributed by atoms with van der Waals surface area (Å²) < 4.78 is 8.41. The standard InChI is InChI=1S/C20H14BrN3O/c1-2-9-25-20-8-7-17(21)11-16(20)10-15(12-22)13-24-14-23-18-5-3-4-6-19(18)24/h1,3-8,10-11,14H,9,13H2/b15-10-. The number of fused-ring (bicyclic) bond motifs is 1. The minimum Gasteiger partial charge on any atom is -0.480 e. The molecule has 25 heavy (non-hydrogen) atoms. The number of terminal acetylenes is 1. The zero-order chi connectivity index (χ0) is 17.6. The van der Waals surface area contributed by atoms with Crippen LogP contribution < -0.4 is 4.74 Å². The summed E-state index contributed by atoms with van der Waals surface area (Å²) in [5.74, 6) is 3.09. The van der Waals surface area contributed by atoms with Crippen LogP contribution in [0.3, 0.4) is 0 Å². The number of nitriles is 1. The number of halogens is 1. The van der Waals surface area contributed by atoms with Crippen LogP contribution in [0.15, 0.2) is 58.8 Å². The number of hydrogen-bond donors (Lipinski definition) is 0. The highest BCUT2D eigenvalue weighted by Crippen LogP contribution is 2.26. The van der Waals surface area contributed by atoms with Gasteiger partial charge in [-0.3, -0.25) is 0 Å². The Morgan fingerprint density at radius 1 is 1.32 bits per heavy atom. The topological polar surface area (TPSA) is 50.8 Å². The Morgan fingerprint density at radius 3 is 2.96 bits per heavy atom. The molecule has 0 aliphatic heterocycles. The zero-order valence-electron chi connectivity index (χ0n) is 13.3. The molecule has 0 bridgehead atoms. The van der Waals surface area contributed by atoms with Crippen LogP contribution in [0.1, 0.15) is 5.56 Å². The van der Waals surface area contributed by atoms with Gasteiger partial charge in [-0.25, -0.2) is 4.98 Å². The molecule has 3 rings (SSSR count). The van der Waals surface area contributed by atoms with Gasteiger partial charge >= 0.3 is 0 Å². The Bertz CT molecular complexity index is 1020. The van der Waals surface area contributed by atoms with Crippen molar-refractivity contribution in [1.29, 1.82) is 5.26 Å². The highest BCUT2D eigenvalue weighted by molar-refractivity contribution is 9.10. The van der Waals surface area contributed by atoms with Gasteiger partial charge in [0.25, 0.3) is 0 Å². The SMILES string of the molecule is C#CCOc1ccc(Br)cc1/C=C(/C#N)Cn1cnc2ccccc21. The second kappa shape index (κ2) is 7.70. The van der Waals surface area contributed by atoms with E-state index in [1.165, 1.54) is 0 Å². The molecular weight excluding hydrogens is 378 g/mol. The van der Waals surface area contributed by atoms with Crippen LogP contribution in [0.4, 0.5) is 0 Å². The molecule has 0 saturated heterocycles. The Hall–Kier alpha value is -3.02. The second-order valence-corrected chi connectivity index (χ2v) is 6.23. The van der Waals surface area contributed by atoms with Crippen molar-refractivity contribution in [2.75, 3.05) is 6.61 Å². The number of rotatable bonds is 5. The van der Waals surface area contributed by atoms with E-state index in [-0.39, 0.29) is 6.61 Å². The fraction of sp³-hybridized carbons (Fsp3) is 0.100. The molecule has 0 aliphatic rings. The number of para-hydroxylation sites is 2. The summed E-state index contributed by atoms with van der Waals surface area (Å²) in [7, 11) is 0. The largest absolute Gasteiger partial charge is 0.480 e. The van der Waals surface area contributed by atoms with Crippen molar-refractivity contribution in [3.63, 3.8) is 0 Å². The normalized spacial score (nSPS) is 11.1. The van der Waals surface area contributed by atoms with Crippen LogP contribution in [0.5, 0.6) is 5.75 Å². The van der Waals surface area contributed by atoms with Gasteiger partial charge in [0.05, 0.1) is 35.5 Å². The highest BCUT2D eigenvalue weighted by atomic mass is 79.9. The molecule has 4 nitrogen and oxygen atoms in total. The number of allylic oxidation sites excluding steroid dienone is 1. The van der Waals surface area contributed by atoms with E-state index in [2.05, 4.69) is 32.9 Å². The van der Waals surface area contributed by atoms with E-state index >= 15 is 0 Å². The van der Waals surface area contributed by atoms with Gasteiger partial charge in [0.15, 0.2) is 0 Å². The third-order valence-electron chi connectivity index (χ3n) is 3.62. The number of aromatic nitrogens is 2. The van der Waals surface area contributed by atoms with Crippen LogP contribution in [0, 0.1) is 23.7 Å². The first-order valence-electron chi connectivity index (χ1n) is 7.57. The smallest absolute Gasteiger partial charge is 0.148 e. The van der Waals surface area contributed by atoms with E-state index in [1.54, 1.807) is 6.33 Å². The maximum atomic E-state index is 9.56. The fourth-order valence-corrected chi connectivity index (χ4v) is 2.88. The van der Waals surface area contributed by atoms with Crippen molar-refractivity contribution in [3.05, 3.63) is 64.4 Å².